The number of carbonyl (C=O) groups is 1. The Bertz CT molecular complexity index is 1170. The topological polar surface area (TPSA) is 47.9 Å². The quantitative estimate of drug-likeness (QED) is 0.357. The fraction of sp³-hybridized carbons (Fsp3) is 0.0435. The minimum Gasteiger partial charge on any atom is -0.489 e. The summed E-state index contributed by atoms with van der Waals surface area (Å²) in [6.45, 7) is 0.249. The van der Waals surface area contributed by atoms with Crippen LogP contribution >= 0.6 is 23.2 Å². The highest BCUT2D eigenvalue weighted by Crippen LogP contribution is 2.26. The first-order valence-corrected chi connectivity index (χ1v) is 9.69. The number of ether oxygens (including phenoxy) is 2. The average molecular weight is 442 g/mol. The zero-order valence-corrected chi connectivity index (χ0v) is 17.0. The number of carbonyl (C=O) groups excluding carboxylic acids is 1. The summed E-state index contributed by atoms with van der Waals surface area (Å²) in [5.74, 6) is -0.160. The molecule has 0 unspecified atom stereocenters. The third kappa shape index (κ3) is 4.70. The van der Waals surface area contributed by atoms with Gasteiger partial charge in [0, 0.05) is 5.02 Å². The summed E-state index contributed by atoms with van der Waals surface area (Å²) in [6, 6.07) is 18.1. The molecule has 1 aliphatic heterocycles. The Morgan fingerprint density at radius 3 is 2.60 bits per heavy atom. The first-order chi connectivity index (χ1) is 14.5. The number of rotatable bonds is 5. The number of hydrogen-bond donors (Lipinski definition) is 0. The summed E-state index contributed by atoms with van der Waals surface area (Å²) >= 11 is 12.1. The third-order valence-corrected chi connectivity index (χ3v) is 4.82. The molecule has 0 fully saturated rings. The van der Waals surface area contributed by atoms with Crippen LogP contribution in [0.15, 0.2) is 77.4 Å². The maximum Gasteiger partial charge on any atom is 0.363 e. The molecule has 4 rings (SSSR count). The Balaban J connectivity index is 1.48. The average Bonchev–Trinajstić information content (AvgIpc) is 3.09. The molecule has 0 atom stereocenters. The lowest BCUT2D eigenvalue weighted by atomic mass is 10.2. The van der Waals surface area contributed by atoms with E-state index in [1.54, 1.807) is 60.7 Å². The lowest BCUT2D eigenvalue weighted by molar-refractivity contribution is -0.129. The summed E-state index contributed by atoms with van der Waals surface area (Å²) in [4.78, 5) is 16.4. The number of cyclic esters (lactones) is 1. The van der Waals surface area contributed by atoms with Gasteiger partial charge in [0.1, 0.15) is 18.2 Å². The number of hydrogen-bond acceptors (Lipinski definition) is 4. The van der Waals surface area contributed by atoms with Gasteiger partial charge in [0.2, 0.25) is 5.90 Å². The van der Waals surface area contributed by atoms with Crippen LogP contribution in [0.2, 0.25) is 10.0 Å². The second-order valence-electron chi connectivity index (χ2n) is 6.45. The summed E-state index contributed by atoms with van der Waals surface area (Å²) in [7, 11) is 0. The molecule has 0 bridgehead atoms. The van der Waals surface area contributed by atoms with Gasteiger partial charge in [-0.3, -0.25) is 0 Å². The van der Waals surface area contributed by atoms with Crippen molar-refractivity contribution in [3.63, 3.8) is 0 Å². The van der Waals surface area contributed by atoms with Gasteiger partial charge in [-0.15, -0.1) is 0 Å². The van der Waals surface area contributed by atoms with Crippen molar-refractivity contribution in [2.45, 2.75) is 6.61 Å². The van der Waals surface area contributed by atoms with Gasteiger partial charge in [0.15, 0.2) is 5.70 Å². The van der Waals surface area contributed by atoms with E-state index in [0.717, 1.165) is 11.1 Å². The lowest BCUT2D eigenvalue weighted by Gasteiger charge is -2.06. The van der Waals surface area contributed by atoms with E-state index < -0.39 is 5.97 Å². The van der Waals surface area contributed by atoms with Crippen molar-refractivity contribution in [1.82, 2.24) is 0 Å². The smallest absolute Gasteiger partial charge is 0.363 e. The molecule has 0 saturated carbocycles. The highest BCUT2D eigenvalue weighted by atomic mass is 35.5. The van der Waals surface area contributed by atoms with Crippen LogP contribution < -0.4 is 4.74 Å². The monoisotopic (exact) mass is 441 g/mol. The van der Waals surface area contributed by atoms with Crippen molar-refractivity contribution in [2.75, 3.05) is 0 Å². The lowest BCUT2D eigenvalue weighted by Crippen LogP contribution is -2.06. The van der Waals surface area contributed by atoms with Gasteiger partial charge >= 0.3 is 5.97 Å². The van der Waals surface area contributed by atoms with Gasteiger partial charge in [0.05, 0.1) is 10.6 Å². The second-order valence-corrected chi connectivity index (χ2v) is 7.29. The van der Waals surface area contributed by atoms with E-state index in [1.807, 2.05) is 0 Å². The number of esters is 1. The highest BCUT2D eigenvalue weighted by Gasteiger charge is 2.25. The summed E-state index contributed by atoms with van der Waals surface area (Å²) < 4.78 is 24.1. The van der Waals surface area contributed by atoms with Gasteiger partial charge in [-0.05, 0) is 59.7 Å². The highest BCUT2D eigenvalue weighted by molar-refractivity contribution is 6.36. The zero-order chi connectivity index (χ0) is 21.1. The number of halogens is 3. The van der Waals surface area contributed by atoms with Gasteiger partial charge < -0.3 is 9.47 Å². The van der Waals surface area contributed by atoms with Gasteiger partial charge in [-0.1, -0.05) is 47.5 Å². The molecule has 0 N–H and O–H groups in total. The molecule has 7 heteroatoms. The number of aliphatic imine (C=N–C) groups is 1. The van der Waals surface area contributed by atoms with Gasteiger partial charge in [-0.2, -0.15) is 0 Å². The van der Waals surface area contributed by atoms with E-state index in [2.05, 4.69) is 4.99 Å². The fourth-order valence-corrected chi connectivity index (χ4v) is 3.17. The Kier molecular flexibility index (Phi) is 5.84. The Hall–Kier alpha value is -3.15. The van der Waals surface area contributed by atoms with Crippen LogP contribution in [-0.4, -0.2) is 11.9 Å². The number of benzene rings is 3. The van der Waals surface area contributed by atoms with Crippen LogP contribution in [0.5, 0.6) is 5.75 Å². The van der Waals surface area contributed by atoms with E-state index in [-0.39, 0.29) is 24.0 Å². The summed E-state index contributed by atoms with van der Waals surface area (Å²) in [6.07, 6.45) is 1.60. The van der Waals surface area contributed by atoms with Crippen LogP contribution in [0, 0.1) is 5.82 Å². The van der Waals surface area contributed by atoms with Crippen molar-refractivity contribution < 1.29 is 18.7 Å². The van der Waals surface area contributed by atoms with E-state index in [4.69, 9.17) is 32.7 Å². The molecule has 0 saturated heterocycles. The normalized spacial score (nSPS) is 14.6. The molecule has 30 heavy (non-hydrogen) atoms. The summed E-state index contributed by atoms with van der Waals surface area (Å²) in [5, 5.41) is 0.839. The van der Waals surface area contributed by atoms with Crippen molar-refractivity contribution in [1.29, 1.82) is 0 Å². The maximum atomic E-state index is 13.2. The van der Waals surface area contributed by atoms with Crippen LogP contribution in [0.1, 0.15) is 16.7 Å². The van der Waals surface area contributed by atoms with Gasteiger partial charge in [-0.25, -0.2) is 14.2 Å². The van der Waals surface area contributed by atoms with Crippen molar-refractivity contribution in [3.05, 3.63) is 105 Å². The molecule has 0 aliphatic carbocycles. The maximum absolute atomic E-state index is 13.2. The third-order valence-electron chi connectivity index (χ3n) is 4.26. The van der Waals surface area contributed by atoms with E-state index in [9.17, 15) is 9.18 Å². The molecule has 3 aromatic carbocycles. The predicted molar refractivity (Wildman–Crippen MR) is 114 cm³/mol. The van der Waals surface area contributed by atoms with E-state index in [1.165, 1.54) is 12.1 Å². The van der Waals surface area contributed by atoms with Crippen LogP contribution in [-0.2, 0) is 16.1 Å². The fourth-order valence-electron chi connectivity index (χ4n) is 2.80. The number of nitrogens with zero attached hydrogens (tertiary/aromatic N) is 1. The second kappa shape index (κ2) is 8.69. The van der Waals surface area contributed by atoms with Gasteiger partial charge in [0.25, 0.3) is 0 Å². The predicted octanol–water partition coefficient (Wildman–Crippen LogP) is 6.06. The molecular weight excluding hydrogens is 428 g/mol. The standard InChI is InChI=1S/C23H14Cl2FNO3/c24-16-6-9-20(25)19(12-16)22-27-21(23(28)30-22)11-14-4-7-18(8-5-14)29-13-15-2-1-3-17(26)10-15/h1-12H,13H2. The molecule has 0 aromatic heterocycles. The van der Waals surface area contributed by atoms with E-state index >= 15 is 0 Å². The van der Waals surface area contributed by atoms with Crippen LogP contribution in [0.3, 0.4) is 0 Å². The molecule has 0 spiro atoms. The molecule has 1 aliphatic rings. The first-order valence-electron chi connectivity index (χ1n) is 8.93. The molecule has 150 valence electrons. The first kappa shape index (κ1) is 20.1. The van der Waals surface area contributed by atoms with Crippen molar-refractivity contribution in [3.8, 4) is 5.75 Å². The van der Waals surface area contributed by atoms with Crippen molar-refractivity contribution in [2.24, 2.45) is 4.99 Å². The Labute approximate surface area is 182 Å². The largest absolute Gasteiger partial charge is 0.489 e. The molecule has 0 amide bonds. The van der Waals surface area contributed by atoms with E-state index in [0.29, 0.717) is 21.4 Å². The Morgan fingerprint density at radius 1 is 1.03 bits per heavy atom. The molecule has 1 heterocycles. The molecule has 3 aromatic rings. The van der Waals surface area contributed by atoms with Crippen LogP contribution in [0.4, 0.5) is 4.39 Å². The minimum atomic E-state index is -0.576. The Morgan fingerprint density at radius 2 is 1.83 bits per heavy atom. The minimum absolute atomic E-state index is 0.105. The molecular formula is C23H14Cl2FNO3. The SMILES string of the molecule is O=C1OC(c2cc(Cl)ccc2Cl)=NC1=Cc1ccc(OCc2cccc(F)c2)cc1. The molecule has 4 nitrogen and oxygen atoms in total. The van der Waals surface area contributed by atoms with Crippen molar-refractivity contribution >= 4 is 41.1 Å². The molecule has 0 radical (unpaired) electrons. The zero-order valence-electron chi connectivity index (χ0n) is 15.4. The summed E-state index contributed by atoms with van der Waals surface area (Å²) in [5.41, 5.74) is 2.06. The van der Waals surface area contributed by atoms with Crippen LogP contribution in [0.25, 0.3) is 6.08 Å².